The van der Waals surface area contributed by atoms with Crippen molar-refractivity contribution >= 4 is 20.9 Å². The second-order valence-electron chi connectivity index (χ2n) is 6.45. The summed E-state index contributed by atoms with van der Waals surface area (Å²) >= 11 is 0. The standard InChI is InChI=1S/C19H19N3O3S/c23-19-17-5-1-2-6-18(17)20-14-21(19)13-15-7-9-16(10-8-15)26(24,25)22-11-3-4-12-22/h1-2,5-10,14H,3-4,11-13H2. The van der Waals surface area contributed by atoms with Crippen LogP contribution in [0.15, 0.2) is 64.5 Å². The van der Waals surface area contributed by atoms with Gasteiger partial charge in [-0.25, -0.2) is 13.4 Å². The van der Waals surface area contributed by atoms with Crippen LogP contribution in [-0.2, 0) is 16.6 Å². The zero-order valence-electron chi connectivity index (χ0n) is 14.2. The fraction of sp³-hybridized carbons (Fsp3) is 0.263. The summed E-state index contributed by atoms with van der Waals surface area (Å²) in [6.45, 7) is 1.52. The lowest BCUT2D eigenvalue weighted by atomic mass is 10.2. The third-order valence-electron chi connectivity index (χ3n) is 4.71. The van der Waals surface area contributed by atoms with Crippen LogP contribution in [0, 0.1) is 0 Å². The van der Waals surface area contributed by atoms with Gasteiger partial charge in [0, 0.05) is 13.1 Å². The van der Waals surface area contributed by atoms with Crippen LogP contribution in [0.1, 0.15) is 18.4 Å². The van der Waals surface area contributed by atoms with Crippen LogP contribution in [0.4, 0.5) is 0 Å². The molecule has 0 N–H and O–H groups in total. The maximum Gasteiger partial charge on any atom is 0.261 e. The van der Waals surface area contributed by atoms with Gasteiger partial charge in [0.25, 0.3) is 5.56 Å². The minimum atomic E-state index is -3.41. The molecule has 0 amide bonds. The molecule has 0 radical (unpaired) electrons. The lowest BCUT2D eigenvalue weighted by molar-refractivity contribution is 0.477. The molecule has 0 saturated carbocycles. The summed E-state index contributed by atoms with van der Waals surface area (Å²) in [5, 5.41) is 0.572. The van der Waals surface area contributed by atoms with Gasteiger partial charge in [-0.15, -0.1) is 0 Å². The number of para-hydroxylation sites is 1. The highest BCUT2D eigenvalue weighted by molar-refractivity contribution is 7.89. The molecule has 1 fully saturated rings. The molecule has 4 rings (SSSR count). The normalized spacial score (nSPS) is 15.5. The van der Waals surface area contributed by atoms with E-state index >= 15 is 0 Å². The second kappa shape index (κ2) is 6.66. The van der Waals surface area contributed by atoms with E-state index in [0.29, 0.717) is 35.4 Å². The van der Waals surface area contributed by atoms with E-state index in [4.69, 9.17) is 0 Å². The number of rotatable bonds is 4. The van der Waals surface area contributed by atoms with Crippen molar-refractivity contribution in [1.29, 1.82) is 0 Å². The first-order chi connectivity index (χ1) is 12.6. The third kappa shape index (κ3) is 3.04. The molecule has 6 nitrogen and oxygen atoms in total. The molecule has 2 aromatic carbocycles. The van der Waals surface area contributed by atoms with Gasteiger partial charge in [-0.05, 0) is 42.7 Å². The van der Waals surface area contributed by atoms with Gasteiger partial charge in [0.1, 0.15) is 0 Å². The zero-order chi connectivity index (χ0) is 18.1. The number of aromatic nitrogens is 2. The summed E-state index contributed by atoms with van der Waals surface area (Å²) in [6, 6.07) is 14.0. The topological polar surface area (TPSA) is 72.3 Å². The van der Waals surface area contributed by atoms with Crippen molar-refractivity contribution in [3.63, 3.8) is 0 Å². The van der Waals surface area contributed by atoms with E-state index in [1.54, 1.807) is 36.4 Å². The van der Waals surface area contributed by atoms with E-state index in [1.807, 2.05) is 12.1 Å². The predicted molar refractivity (Wildman–Crippen MR) is 99.5 cm³/mol. The van der Waals surface area contributed by atoms with Crippen molar-refractivity contribution in [3.05, 3.63) is 70.8 Å². The molecule has 3 aromatic rings. The maximum atomic E-state index is 12.6. The van der Waals surface area contributed by atoms with E-state index in [1.165, 1.54) is 15.2 Å². The van der Waals surface area contributed by atoms with Crippen LogP contribution in [0.3, 0.4) is 0 Å². The van der Waals surface area contributed by atoms with E-state index in [-0.39, 0.29) is 5.56 Å². The molecular formula is C19H19N3O3S. The molecule has 134 valence electrons. The van der Waals surface area contributed by atoms with E-state index < -0.39 is 10.0 Å². The zero-order valence-corrected chi connectivity index (χ0v) is 15.0. The smallest absolute Gasteiger partial charge is 0.261 e. The van der Waals surface area contributed by atoms with Gasteiger partial charge in [0.2, 0.25) is 10.0 Å². The summed E-state index contributed by atoms with van der Waals surface area (Å²) in [6.07, 6.45) is 3.35. The Bertz CT molecular complexity index is 1100. The van der Waals surface area contributed by atoms with Crippen molar-refractivity contribution in [1.82, 2.24) is 13.9 Å². The Balaban J connectivity index is 1.60. The van der Waals surface area contributed by atoms with Gasteiger partial charge >= 0.3 is 0 Å². The summed E-state index contributed by atoms with van der Waals surface area (Å²) in [7, 11) is -3.41. The van der Waals surface area contributed by atoms with Crippen LogP contribution in [0.5, 0.6) is 0 Å². The predicted octanol–water partition coefficient (Wildman–Crippen LogP) is 2.23. The Kier molecular flexibility index (Phi) is 4.34. The number of sulfonamides is 1. The van der Waals surface area contributed by atoms with Crippen LogP contribution >= 0.6 is 0 Å². The Morgan fingerprint density at radius 1 is 0.962 bits per heavy atom. The van der Waals surface area contributed by atoms with Gasteiger partial charge in [0.05, 0.1) is 28.7 Å². The summed E-state index contributed by atoms with van der Waals surface area (Å²) in [5.74, 6) is 0. The summed E-state index contributed by atoms with van der Waals surface area (Å²) in [5.41, 5.74) is 1.41. The first-order valence-corrected chi connectivity index (χ1v) is 10.0. The quantitative estimate of drug-likeness (QED) is 0.707. The Morgan fingerprint density at radius 3 is 2.38 bits per heavy atom. The third-order valence-corrected chi connectivity index (χ3v) is 6.62. The fourth-order valence-electron chi connectivity index (χ4n) is 3.26. The highest BCUT2D eigenvalue weighted by Gasteiger charge is 2.26. The largest absolute Gasteiger partial charge is 0.294 e. The average molecular weight is 369 g/mol. The molecule has 1 saturated heterocycles. The molecule has 1 aliphatic rings. The number of nitrogens with zero attached hydrogens (tertiary/aromatic N) is 3. The molecular weight excluding hydrogens is 350 g/mol. The van der Waals surface area contributed by atoms with Gasteiger partial charge in [-0.2, -0.15) is 4.31 Å². The Hall–Kier alpha value is -2.51. The summed E-state index contributed by atoms with van der Waals surface area (Å²) < 4.78 is 28.2. The van der Waals surface area contributed by atoms with Crippen molar-refractivity contribution < 1.29 is 8.42 Å². The van der Waals surface area contributed by atoms with Gasteiger partial charge < -0.3 is 0 Å². The van der Waals surface area contributed by atoms with Gasteiger partial charge in [-0.1, -0.05) is 24.3 Å². The minimum Gasteiger partial charge on any atom is -0.294 e. The van der Waals surface area contributed by atoms with Crippen molar-refractivity contribution in [2.24, 2.45) is 0 Å². The maximum absolute atomic E-state index is 12.6. The highest BCUT2D eigenvalue weighted by Crippen LogP contribution is 2.21. The minimum absolute atomic E-state index is 0.107. The molecule has 2 heterocycles. The molecule has 26 heavy (non-hydrogen) atoms. The lowest BCUT2D eigenvalue weighted by Gasteiger charge is -2.15. The Labute approximate surface area is 151 Å². The van der Waals surface area contributed by atoms with E-state index in [0.717, 1.165) is 18.4 Å². The molecule has 0 atom stereocenters. The molecule has 0 aliphatic carbocycles. The highest BCUT2D eigenvalue weighted by atomic mass is 32.2. The SMILES string of the molecule is O=c1c2ccccc2ncn1Cc1ccc(S(=O)(=O)N2CCCC2)cc1. The van der Waals surface area contributed by atoms with Crippen LogP contribution in [0.25, 0.3) is 10.9 Å². The van der Waals surface area contributed by atoms with Crippen molar-refractivity contribution in [2.75, 3.05) is 13.1 Å². The van der Waals surface area contributed by atoms with Crippen LogP contribution in [0.2, 0.25) is 0 Å². The van der Waals surface area contributed by atoms with Crippen LogP contribution in [-0.4, -0.2) is 35.4 Å². The van der Waals surface area contributed by atoms with E-state index in [2.05, 4.69) is 4.98 Å². The molecule has 0 bridgehead atoms. The van der Waals surface area contributed by atoms with Crippen LogP contribution < -0.4 is 5.56 Å². The molecule has 0 unspecified atom stereocenters. The van der Waals surface area contributed by atoms with Crippen molar-refractivity contribution in [2.45, 2.75) is 24.3 Å². The molecule has 1 aromatic heterocycles. The average Bonchev–Trinajstić information content (AvgIpc) is 3.20. The number of hydrogen-bond donors (Lipinski definition) is 0. The monoisotopic (exact) mass is 369 g/mol. The molecule has 0 spiro atoms. The van der Waals surface area contributed by atoms with Crippen molar-refractivity contribution in [3.8, 4) is 0 Å². The number of fused-ring (bicyclic) bond motifs is 1. The van der Waals surface area contributed by atoms with Gasteiger partial charge in [-0.3, -0.25) is 9.36 Å². The Morgan fingerprint density at radius 2 is 1.65 bits per heavy atom. The molecule has 1 aliphatic heterocycles. The lowest BCUT2D eigenvalue weighted by Crippen LogP contribution is -2.27. The fourth-order valence-corrected chi connectivity index (χ4v) is 4.78. The van der Waals surface area contributed by atoms with E-state index in [9.17, 15) is 13.2 Å². The van der Waals surface area contributed by atoms with Gasteiger partial charge in [0.15, 0.2) is 0 Å². The first kappa shape index (κ1) is 16.9. The first-order valence-electron chi connectivity index (χ1n) is 8.59. The number of benzene rings is 2. The number of hydrogen-bond acceptors (Lipinski definition) is 4. The summed E-state index contributed by atoms with van der Waals surface area (Å²) in [4.78, 5) is 17.2. The molecule has 7 heteroatoms. The second-order valence-corrected chi connectivity index (χ2v) is 8.39.